The molecule has 0 radical (unpaired) electrons. The third-order valence-electron chi connectivity index (χ3n) is 3.38. The van der Waals surface area contributed by atoms with Crippen molar-refractivity contribution in [2.75, 3.05) is 11.6 Å². The molecule has 2 N–H and O–H groups in total. The maximum Gasteiger partial charge on any atom is 0.293 e. The SMILES string of the molecule is CC(Nc1ccc(S(C)(=O)=O)cc1[N+](=O)[O-])C(=O)NCc1ccco1. The van der Waals surface area contributed by atoms with Gasteiger partial charge in [-0.2, -0.15) is 0 Å². The van der Waals surface area contributed by atoms with Crippen molar-refractivity contribution in [1.82, 2.24) is 5.32 Å². The zero-order chi connectivity index (χ0) is 18.6. The number of hydrogen-bond donors (Lipinski definition) is 2. The van der Waals surface area contributed by atoms with Crippen LogP contribution in [0.3, 0.4) is 0 Å². The predicted octanol–water partition coefficient (Wildman–Crippen LogP) is 1.71. The minimum absolute atomic E-state index is 0.0537. The molecule has 0 aliphatic carbocycles. The second-order valence-corrected chi connectivity index (χ2v) is 7.39. The summed E-state index contributed by atoms with van der Waals surface area (Å²) in [6.45, 7) is 1.72. The van der Waals surface area contributed by atoms with E-state index in [0.717, 1.165) is 12.3 Å². The van der Waals surface area contributed by atoms with Crippen LogP contribution < -0.4 is 10.6 Å². The Bertz CT molecular complexity index is 877. The summed E-state index contributed by atoms with van der Waals surface area (Å²) in [6.07, 6.45) is 2.44. The maximum absolute atomic E-state index is 12.1. The average Bonchev–Trinajstić information content (AvgIpc) is 3.05. The van der Waals surface area contributed by atoms with E-state index in [-0.39, 0.29) is 17.1 Å². The standard InChI is InChI=1S/C15H17N3O6S/c1-10(15(19)16-9-11-4-3-7-24-11)17-13-6-5-12(25(2,22)23)8-14(13)18(20)21/h3-8,10,17H,9H2,1-2H3,(H,16,19). The summed E-state index contributed by atoms with van der Waals surface area (Å²) in [7, 11) is -3.58. The van der Waals surface area contributed by atoms with E-state index in [1.54, 1.807) is 12.1 Å². The highest BCUT2D eigenvalue weighted by atomic mass is 32.2. The van der Waals surface area contributed by atoms with Gasteiger partial charge in [-0.25, -0.2) is 8.42 Å². The zero-order valence-electron chi connectivity index (χ0n) is 13.6. The second kappa shape index (κ2) is 7.34. The Kier molecular flexibility index (Phi) is 5.42. The van der Waals surface area contributed by atoms with Crippen LogP contribution in [-0.2, 0) is 21.2 Å². The van der Waals surface area contributed by atoms with Crippen LogP contribution in [0.4, 0.5) is 11.4 Å². The van der Waals surface area contributed by atoms with Gasteiger partial charge in [0.05, 0.1) is 22.6 Å². The van der Waals surface area contributed by atoms with Gasteiger partial charge in [0.1, 0.15) is 17.5 Å². The lowest BCUT2D eigenvalue weighted by Gasteiger charge is -2.15. The molecule has 0 spiro atoms. The Morgan fingerprint density at radius 3 is 2.64 bits per heavy atom. The number of rotatable bonds is 7. The smallest absolute Gasteiger partial charge is 0.293 e. The molecule has 1 heterocycles. The quantitative estimate of drug-likeness (QED) is 0.562. The van der Waals surface area contributed by atoms with Gasteiger partial charge >= 0.3 is 0 Å². The summed E-state index contributed by atoms with van der Waals surface area (Å²) in [5, 5.41) is 16.5. The van der Waals surface area contributed by atoms with Crippen LogP contribution in [0.15, 0.2) is 45.9 Å². The van der Waals surface area contributed by atoms with Gasteiger partial charge in [-0.1, -0.05) is 0 Å². The number of furan rings is 1. The Morgan fingerprint density at radius 1 is 1.36 bits per heavy atom. The highest BCUT2D eigenvalue weighted by Crippen LogP contribution is 2.28. The van der Waals surface area contributed by atoms with Gasteiger partial charge in [-0.15, -0.1) is 0 Å². The first-order chi connectivity index (χ1) is 11.7. The first-order valence-corrected chi connectivity index (χ1v) is 9.13. The Balaban J connectivity index is 2.12. The summed E-state index contributed by atoms with van der Waals surface area (Å²) in [6, 6.07) is 6.09. The van der Waals surface area contributed by atoms with E-state index in [2.05, 4.69) is 10.6 Å². The van der Waals surface area contributed by atoms with Crippen molar-refractivity contribution in [2.24, 2.45) is 0 Å². The number of hydrogen-bond acceptors (Lipinski definition) is 7. The van der Waals surface area contributed by atoms with Crippen LogP contribution >= 0.6 is 0 Å². The van der Waals surface area contributed by atoms with Gasteiger partial charge < -0.3 is 15.1 Å². The maximum atomic E-state index is 12.1. The number of nitro groups is 1. The number of carbonyl (C=O) groups excluding carboxylic acids is 1. The fourth-order valence-electron chi connectivity index (χ4n) is 2.05. The van der Waals surface area contributed by atoms with Crippen molar-refractivity contribution in [3.8, 4) is 0 Å². The van der Waals surface area contributed by atoms with Gasteiger partial charge in [0.2, 0.25) is 5.91 Å². The van der Waals surface area contributed by atoms with Crippen molar-refractivity contribution in [3.63, 3.8) is 0 Å². The lowest BCUT2D eigenvalue weighted by molar-refractivity contribution is -0.384. The minimum atomic E-state index is -3.58. The number of anilines is 1. The third kappa shape index (κ3) is 4.80. The van der Waals surface area contributed by atoms with E-state index in [9.17, 15) is 23.3 Å². The number of sulfone groups is 1. The third-order valence-corrected chi connectivity index (χ3v) is 4.49. The second-order valence-electron chi connectivity index (χ2n) is 5.37. The molecule has 1 unspecified atom stereocenters. The lowest BCUT2D eigenvalue weighted by Crippen LogP contribution is -2.37. The van der Waals surface area contributed by atoms with E-state index in [1.807, 2.05) is 0 Å². The molecule has 1 amide bonds. The summed E-state index contributed by atoms with van der Waals surface area (Å²) in [4.78, 5) is 22.4. The summed E-state index contributed by atoms with van der Waals surface area (Å²) in [5.41, 5.74) is -0.369. The van der Waals surface area contributed by atoms with Crippen molar-refractivity contribution in [3.05, 3.63) is 52.5 Å². The van der Waals surface area contributed by atoms with E-state index >= 15 is 0 Å². The molecule has 0 aliphatic heterocycles. The van der Waals surface area contributed by atoms with Crippen LogP contribution in [0.1, 0.15) is 12.7 Å². The fraction of sp³-hybridized carbons (Fsp3) is 0.267. The number of carbonyl (C=O) groups is 1. The Hall–Kier alpha value is -2.88. The van der Waals surface area contributed by atoms with E-state index in [0.29, 0.717) is 5.76 Å². The van der Waals surface area contributed by atoms with Gasteiger partial charge in [-0.3, -0.25) is 14.9 Å². The van der Waals surface area contributed by atoms with E-state index in [1.165, 1.54) is 25.3 Å². The molecular weight excluding hydrogens is 350 g/mol. The Labute approximate surface area is 144 Å². The van der Waals surface area contributed by atoms with Crippen molar-refractivity contribution in [2.45, 2.75) is 24.4 Å². The zero-order valence-corrected chi connectivity index (χ0v) is 14.4. The topological polar surface area (TPSA) is 132 Å². The van der Waals surface area contributed by atoms with E-state index in [4.69, 9.17) is 4.42 Å². The molecule has 10 heteroatoms. The van der Waals surface area contributed by atoms with Gasteiger partial charge in [0.15, 0.2) is 9.84 Å². The van der Waals surface area contributed by atoms with Crippen LogP contribution in [0, 0.1) is 10.1 Å². The van der Waals surface area contributed by atoms with Gasteiger partial charge in [0.25, 0.3) is 5.69 Å². The molecule has 25 heavy (non-hydrogen) atoms. The molecule has 0 bridgehead atoms. The first kappa shape index (κ1) is 18.5. The number of nitro benzene ring substituents is 1. The number of nitrogens with one attached hydrogen (secondary N) is 2. The van der Waals surface area contributed by atoms with Crippen molar-refractivity contribution < 1.29 is 22.6 Å². The summed E-state index contributed by atoms with van der Waals surface area (Å²) in [5.74, 6) is 0.182. The molecule has 0 fully saturated rings. The highest BCUT2D eigenvalue weighted by Gasteiger charge is 2.22. The molecule has 1 aromatic carbocycles. The van der Waals surface area contributed by atoms with Crippen LogP contribution in [0.5, 0.6) is 0 Å². The monoisotopic (exact) mass is 367 g/mol. The molecule has 2 aromatic rings. The number of amides is 1. The highest BCUT2D eigenvalue weighted by molar-refractivity contribution is 7.90. The molecule has 0 saturated carbocycles. The van der Waals surface area contributed by atoms with Crippen molar-refractivity contribution in [1.29, 1.82) is 0 Å². The molecular formula is C15H17N3O6S. The Morgan fingerprint density at radius 2 is 2.08 bits per heavy atom. The van der Waals surface area contributed by atoms with Crippen LogP contribution in [0.25, 0.3) is 0 Å². The van der Waals surface area contributed by atoms with E-state index < -0.39 is 32.4 Å². The normalized spacial score (nSPS) is 12.4. The molecule has 1 aromatic heterocycles. The van der Waals surface area contributed by atoms with Gasteiger partial charge in [0, 0.05) is 12.3 Å². The summed E-state index contributed by atoms with van der Waals surface area (Å²) < 4.78 is 28.2. The molecule has 1 atom stereocenters. The average molecular weight is 367 g/mol. The van der Waals surface area contributed by atoms with Crippen LogP contribution in [0.2, 0.25) is 0 Å². The summed E-state index contributed by atoms with van der Waals surface area (Å²) >= 11 is 0. The molecule has 0 saturated heterocycles. The lowest BCUT2D eigenvalue weighted by atomic mass is 10.2. The molecule has 0 aliphatic rings. The largest absolute Gasteiger partial charge is 0.467 e. The molecule has 2 rings (SSSR count). The van der Waals surface area contributed by atoms with Crippen molar-refractivity contribution >= 4 is 27.1 Å². The number of benzene rings is 1. The number of nitrogens with zero attached hydrogens (tertiary/aromatic N) is 1. The molecule has 9 nitrogen and oxygen atoms in total. The molecule has 134 valence electrons. The minimum Gasteiger partial charge on any atom is -0.467 e. The first-order valence-electron chi connectivity index (χ1n) is 7.23. The predicted molar refractivity (Wildman–Crippen MR) is 89.8 cm³/mol. The fourth-order valence-corrected chi connectivity index (χ4v) is 2.70. The van der Waals surface area contributed by atoms with Crippen LogP contribution in [-0.4, -0.2) is 31.5 Å². The van der Waals surface area contributed by atoms with Gasteiger partial charge in [-0.05, 0) is 31.2 Å².